The highest BCUT2D eigenvalue weighted by atomic mass is 79.9. The first-order valence-corrected chi connectivity index (χ1v) is 9.26. The molecule has 0 saturated heterocycles. The normalized spacial score (nSPS) is 11.1. The maximum atomic E-state index is 13.6. The van der Waals surface area contributed by atoms with Gasteiger partial charge in [-0.15, -0.1) is 0 Å². The van der Waals surface area contributed by atoms with Gasteiger partial charge in [-0.05, 0) is 78.5 Å². The van der Waals surface area contributed by atoms with E-state index in [0.717, 1.165) is 36.3 Å². The number of aryl methyl sites for hydroxylation is 2. The topological polar surface area (TPSA) is 24.8 Å². The molecule has 0 amide bonds. The molecule has 0 aliphatic heterocycles. The smallest absolute Gasteiger partial charge is 0.141 e. The Morgan fingerprint density at radius 3 is 2.56 bits per heavy atom. The molecule has 5 heteroatoms. The Morgan fingerprint density at radius 1 is 1.16 bits per heavy atom. The minimum absolute atomic E-state index is 0.344. The highest BCUT2D eigenvalue weighted by Crippen LogP contribution is 2.32. The molecule has 0 unspecified atom stereocenters. The van der Waals surface area contributed by atoms with Crippen molar-refractivity contribution < 1.29 is 9.13 Å². The number of rotatable bonds is 7. The van der Waals surface area contributed by atoms with Gasteiger partial charge >= 0.3 is 0 Å². The first kappa shape index (κ1) is 19.4. The molecule has 0 saturated carbocycles. The average Bonchev–Trinajstić information content (AvgIpc) is 2.58. The van der Waals surface area contributed by atoms with Crippen molar-refractivity contribution in [3.63, 3.8) is 0 Å². The van der Waals surface area contributed by atoms with Crippen LogP contribution in [0.2, 0.25) is 0 Å². The number of aliphatic imine (C=N–C) groups is 1. The largest absolute Gasteiger partial charge is 0.457 e. The van der Waals surface area contributed by atoms with Gasteiger partial charge in [0, 0.05) is 19.2 Å². The number of nitrogens with zero attached hydrogens (tertiary/aromatic N) is 2. The second-order valence-corrected chi connectivity index (χ2v) is 6.81. The molecule has 25 heavy (non-hydrogen) atoms. The molecule has 0 aliphatic carbocycles. The van der Waals surface area contributed by atoms with Gasteiger partial charge in [0.1, 0.15) is 17.3 Å². The molecule has 0 aliphatic rings. The van der Waals surface area contributed by atoms with Crippen molar-refractivity contribution in [2.75, 3.05) is 13.1 Å². The molecule has 0 radical (unpaired) electrons. The first-order valence-electron chi connectivity index (χ1n) is 8.47. The van der Waals surface area contributed by atoms with Crippen molar-refractivity contribution in [1.29, 1.82) is 0 Å². The summed E-state index contributed by atoms with van der Waals surface area (Å²) in [7, 11) is 0. The lowest BCUT2D eigenvalue weighted by molar-refractivity contribution is 0.452. The van der Waals surface area contributed by atoms with Gasteiger partial charge < -0.3 is 9.64 Å². The monoisotopic (exact) mass is 406 g/mol. The lowest BCUT2D eigenvalue weighted by Gasteiger charge is -2.16. The van der Waals surface area contributed by atoms with Crippen LogP contribution in [0, 0.1) is 19.7 Å². The summed E-state index contributed by atoms with van der Waals surface area (Å²) in [5, 5.41) is 0. The van der Waals surface area contributed by atoms with Crippen LogP contribution in [0.15, 0.2) is 39.8 Å². The Kier molecular flexibility index (Phi) is 7.00. The minimum atomic E-state index is -0.344. The van der Waals surface area contributed by atoms with Crippen molar-refractivity contribution in [3.05, 3.63) is 51.7 Å². The van der Waals surface area contributed by atoms with Crippen molar-refractivity contribution in [2.45, 2.75) is 34.1 Å². The molecule has 0 atom stereocenters. The third kappa shape index (κ3) is 5.30. The number of benzene rings is 2. The van der Waals surface area contributed by atoms with Crippen LogP contribution in [-0.2, 0) is 0 Å². The minimum Gasteiger partial charge on any atom is -0.457 e. The van der Waals surface area contributed by atoms with Crippen molar-refractivity contribution in [3.8, 4) is 11.5 Å². The van der Waals surface area contributed by atoms with E-state index in [1.807, 2.05) is 32.3 Å². The van der Waals surface area contributed by atoms with Crippen molar-refractivity contribution in [1.82, 2.24) is 4.90 Å². The van der Waals surface area contributed by atoms with Gasteiger partial charge in [0.15, 0.2) is 0 Å². The van der Waals surface area contributed by atoms with E-state index in [4.69, 9.17) is 4.74 Å². The second-order valence-electron chi connectivity index (χ2n) is 5.96. The predicted octanol–water partition coefficient (Wildman–Crippen LogP) is 6.39. The number of hydrogen-bond acceptors (Lipinski definition) is 2. The van der Waals surface area contributed by atoms with E-state index < -0.39 is 0 Å². The van der Waals surface area contributed by atoms with E-state index >= 15 is 0 Å². The Labute approximate surface area is 157 Å². The quantitative estimate of drug-likeness (QED) is 0.393. The fourth-order valence-electron chi connectivity index (χ4n) is 2.42. The lowest BCUT2D eigenvalue weighted by Crippen LogP contribution is -2.21. The van der Waals surface area contributed by atoms with E-state index in [0.29, 0.717) is 16.0 Å². The third-order valence-electron chi connectivity index (χ3n) is 3.89. The van der Waals surface area contributed by atoms with Crippen LogP contribution in [0.3, 0.4) is 0 Å². The van der Waals surface area contributed by atoms with Crippen LogP contribution in [0.25, 0.3) is 0 Å². The molecule has 3 nitrogen and oxygen atoms in total. The van der Waals surface area contributed by atoms with Crippen LogP contribution in [-0.4, -0.2) is 24.3 Å². The van der Waals surface area contributed by atoms with Gasteiger partial charge in [-0.3, -0.25) is 0 Å². The Morgan fingerprint density at radius 2 is 1.92 bits per heavy atom. The molecule has 0 N–H and O–H groups in total. The average molecular weight is 407 g/mol. The van der Waals surface area contributed by atoms with E-state index in [1.165, 1.54) is 6.07 Å². The zero-order valence-corrected chi connectivity index (χ0v) is 16.7. The van der Waals surface area contributed by atoms with E-state index in [9.17, 15) is 4.39 Å². The number of halogens is 2. The van der Waals surface area contributed by atoms with Crippen molar-refractivity contribution >= 4 is 28.0 Å². The molecule has 2 aromatic carbocycles. The van der Waals surface area contributed by atoms with E-state index in [1.54, 1.807) is 12.1 Å². The molecule has 0 heterocycles. The molecule has 0 spiro atoms. The van der Waals surface area contributed by atoms with E-state index in [2.05, 4.69) is 39.7 Å². The maximum Gasteiger partial charge on any atom is 0.141 e. The van der Waals surface area contributed by atoms with Crippen LogP contribution < -0.4 is 4.74 Å². The predicted molar refractivity (Wildman–Crippen MR) is 106 cm³/mol. The van der Waals surface area contributed by atoms with Crippen LogP contribution in [0.5, 0.6) is 11.5 Å². The van der Waals surface area contributed by atoms with Crippen LogP contribution >= 0.6 is 15.9 Å². The summed E-state index contributed by atoms with van der Waals surface area (Å²) < 4.78 is 19.9. The Balaban J connectivity index is 2.21. The Hall–Kier alpha value is -1.88. The van der Waals surface area contributed by atoms with Gasteiger partial charge in [-0.1, -0.05) is 6.92 Å². The summed E-state index contributed by atoms with van der Waals surface area (Å²) in [4.78, 5) is 6.79. The molecule has 0 fully saturated rings. The Bertz CT molecular complexity index is 762. The molecule has 2 rings (SSSR count). The number of ether oxygens (including phenoxy) is 1. The summed E-state index contributed by atoms with van der Waals surface area (Å²) in [5.41, 5.74) is 2.89. The molecule has 0 aromatic heterocycles. The molecular weight excluding hydrogens is 383 g/mol. The highest BCUT2D eigenvalue weighted by molar-refractivity contribution is 9.10. The van der Waals surface area contributed by atoms with Crippen LogP contribution in [0.1, 0.15) is 31.4 Å². The van der Waals surface area contributed by atoms with Gasteiger partial charge in [-0.2, -0.15) is 0 Å². The zero-order chi connectivity index (χ0) is 18.4. The molecule has 134 valence electrons. The van der Waals surface area contributed by atoms with Crippen molar-refractivity contribution in [2.24, 2.45) is 4.99 Å². The van der Waals surface area contributed by atoms with Gasteiger partial charge in [-0.25, -0.2) is 9.38 Å². The lowest BCUT2D eigenvalue weighted by atomic mass is 10.1. The molecule has 0 bridgehead atoms. The summed E-state index contributed by atoms with van der Waals surface area (Å²) in [6.07, 6.45) is 2.99. The third-order valence-corrected chi connectivity index (χ3v) is 4.53. The first-order chi connectivity index (χ1) is 11.9. The van der Waals surface area contributed by atoms with Gasteiger partial charge in [0.05, 0.1) is 16.5 Å². The highest BCUT2D eigenvalue weighted by Gasteiger charge is 2.08. The molecule has 2 aromatic rings. The van der Waals surface area contributed by atoms with Gasteiger partial charge in [0.2, 0.25) is 0 Å². The van der Waals surface area contributed by atoms with Crippen LogP contribution in [0.4, 0.5) is 10.1 Å². The summed E-state index contributed by atoms with van der Waals surface area (Å²) in [5.74, 6) is 0.835. The zero-order valence-electron chi connectivity index (χ0n) is 15.1. The molecular formula is C20H24BrFN2O. The summed E-state index contributed by atoms with van der Waals surface area (Å²) >= 11 is 3.15. The second kappa shape index (κ2) is 8.99. The number of hydrogen-bond donors (Lipinski definition) is 0. The summed E-state index contributed by atoms with van der Waals surface area (Å²) in [6, 6.07) is 8.68. The fraction of sp³-hybridized carbons (Fsp3) is 0.350. The maximum absolute atomic E-state index is 13.6. The van der Waals surface area contributed by atoms with E-state index in [-0.39, 0.29) is 5.82 Å². The fourth-order valence-corrected chi connectivity index (χ4v) is 2.67. The summed E-state index contributed by atoms with van der Waals surface area (Å²) in [6.45, 7) is 10.2. The SMILES string of the molecule is CCCN(C=Nc1cc(C)c(Oc2ccc(Br)c(F)c2)cc1C)CC. The standard InChI is InChI=1S/C20H24BrFN2O/c1-5-9-24(6-2)13-23-19-10-15(4)20(11-14(19)3)25-16-7-8-17(21)18(22)12-16/h7-8,10-13H,5-6,9H2,1-4H3. The van der Waals surface area contributed by atoms with Gasteiger partial charge in [0.25, 0.3) is 0 Å².